The van der Waals surface area contributed by atoms with Crippen LogP contribution in [-0.4, -0.2) is 55.1 Å². The van der Waals surface area contributed by atoms with E-state index in [1.807, 2.05) is 0 Å². The molecule has 3 aromatic rings. The molecular weight excluding hydrogens is 358 g/mol. The van der Waals surface area contributed by atoms with E-state index in [-0.39, 0.29) is 0 Å². The topological polar surface area (TPSA) is 31.5 Å². The highest BCUT2D eigenvalue weighted by molar-refractivity contribution is 5.82. The summed E-state index contributed by atoms with van der Waals surface area (Å²) in [6.07, 6.45) is 5.88. The summed E-state index contributed by atoms with van der Waals surface area (Å²) in [4.78, 5) is 8.56. The summed E-state index contributed by atoms with van der Waals surface area (Å²) in [6.45, 7) is 5.72. The van der Waals surface area contributed by atoms with Gasteiger partial charge in [-0.15, -0.1) is 0 Å². The van der Waals surface area contributed by atoms with E-state index in [2.05, 4.69) is 76.6 Å². The second-order valence-corrected chi connectivity index (χ2v) is 8.44. The number of hydrogen-bond acceptors (Lipinski definition) is 3. The molecule has 154 valence electrons. The summed E-state index contributed by atoms with van der Waals surface area (Å²) in [7, 11) is 3.96. The van der Waals surface area contributed by atoms with Gasteiger partial charge in [-0.3, -0.25) is 4.90 Å². The normalized spacial score (nSPS) is 16.0. The first-order valence-electron chi connectivity index (χ1n) is 10.8. The summed E-state index contributed by atoms with van der Waals surface area (Å²) in [6, 6.07) is 17.2. The van der Waals surface area contributed by atoms with E-state index >= 15 is 0 Å². The van der Waals surface area contributed by atoms with Crippen LogP contribution in [-0.2, 0) is 13.0 Å². The van der Waals surface area contributed by atoms with Gasteiger partial charge in [0, 0.05) is 36.7 Å². The Morgan fingerprint density at radius 3 is 2.59 bits per heavy atom. The van der Waals surface area contributed by atoms with Crippen LogP contribution in [0.25, 0.3) is 10.9 Å². The Kier molecular flexibility index (Phi) is 6.53. The number of ether oxygens (including phenoxy) is 1. The number of benzene rings is 2. The van der Waals surface area contributed by atoms with Crippen molar-refractivity contribution >= 4 is 10.9 Å². The lowest BCUT2D eigenvalue weighted by Gasteiger charge is -2.33. The summed E-state index contributed by atoms with van der Waals surface area (Å²) < 4.78 is 5.30. The minimum atomic E-state index is 0.798. The molecule has 0 amide bonds. The van der Waals surface area contributed by atoms with Gasteiger partial charge in [-0.05, 0) is 74.6 Å². The number of H-pyrrole nitrogens is 1. The van der Waals surface area contributed by atoms with Gasteiger partial charge in [0.25, 0.3) is 0 Å². The Hall–Kier alpha value is -2.30. The average Bonchev–Trinajstić information content (AvgIpc) is 3.17. The van der Waals surface area contributed by atoms with E-state index in [4.69, 9.17) is 4.74 Å². The zero-order valence-electron chi connectivity index (χ0n) is 17.7. The van der Waals surface area contributed by atoms with Gasteiger partial charge in [-0.25, -0.2) is 0 Å². The van der Waals surface area contributed by atoms with E-state index in [9.17, 15) is 0 Å². The van der Waals surface area contributed by atoms with Gasteiger partial charge in [0.15, 0.2) is 0 Å². The number of aromatic amines is 1. The number of nitrogens with one attached hydrogen (secondary N) is 1. The minimum Gasteiger partial charge on any atom is -0.497 e. The zero-order valence-corrected chi connectivity index (χ0v) is 17.7. The van der Waals surface area contributed by atoms with Crippen LogP contribution in [0.4, 0.5) is 0 Å². The van der Waals surface area contributed by atoms with Crippen LogP contribution >= 0.6 is 0 Å². The third-order valence-corrected chi connectivity index (χ3v) is 6.30. The van der Waals surface area contributed by atoms with Gasteiger partial charge in [0.1, 0.15) is 5.75 Å². The molecule has 1 fully saturated rings. The summed E-state index contributed by atoms with van der Waals surface area (Å²) in [5.74, 6) is 1.72. The Labute approximate surface area is 174 Å². The molecule has 1 N–H and O–H groups in total. The Balaban J connectivity index is 1.45. The molecule has 0 aliphatic carbocycles. The lowest BCUT2D eigenvalue weighted by atomic mass is 9.96. The molecule has 1 saturated heterocycles. The Morgan fingerprint density at radius 2 is 1.83 bits per heavy atom. The maximum atomic E-state index is 5.30. The van der Waals surface area contributed by atoms with E-state index in [0.29, 0.717) is 0 Å². The van der Waals surface area contributed by atoms with Crippen molar-refractivity contribution in [2.24, 2.45) is 5.92 Å². The fourth-order valence-electron chi connectivity index (χ4n) is 4.43. The van der Waals surface area contributed by atoms with Gasteiger partial charge < -0.3 is 14.6 Å². The molecule has 0 spiro atoms. The molecule has 1 aliphatic heterocycles. The number of methoxy groups -OCH3 is 1. The molecule has 4 nitrogen and oxygen atoms in total. The fourth-order valence-corrected chi connectivity index (χ4v) is 4.43. The average molecular weight is 392 g/mol. The summed E-state index contributed by atoms with van der Waals surface area (Å²) in [5.41, 5.74) is 4.01. The molecule has 0 saturated carbocycles. The monoisotopic (exact) mass is 391 g/mol. The number of hydrogen-bond donors (Lipinski definition) is 1. The van der Waals surface area contributed by atoms with Crippen LogP contribution in [0.3, 0.4) is 0 Å². The number of para-hydroxylation sites is 1. The van der Waals surface area contributed by atoms with Crippen molar-refractivity contribution in [3.05, 3.63) is 65.9 Å². The molecule has 0 radical (unpaired) electrons. The third kappa shape index (κ3) is 5.20. The highest BCUT2D eigenvalue weighted by Gasteiger charge is 2.20. The standard InChI is InChI=1S/C25H33N3O/c1-27-14-11-21(12-15-27)18-28(16-13-20-7-9-23(29-2)10-8-20)19-22-17-26-25-6-4-3-5-24(22)25/h3-10,17,21,26H,11-16,18-19H2,1-2H3. The highest BCUT2D eigenvalue weighted by atomic mass is 16.5. The molecule has 4 heteroatoms. The van der Waals surface area contributed by atoms with Gasteiger partial charge in [0.2, 0.25) is 0 Å². The third-order valence-electron chi connectivity index (χ3n) is 6.30. The van der Waals surface area contributed by atoms with Crippen LogP contribution in [0.1, 0.15) is 24.0 Å². The second-order valence-electron chi connectivity index (χ2n) is 8.44. The van der Waals surface area contributed by atoms with Gasteiger partial charge in [-0.1, -0.05) is 30.3 Å². The molecule has 0 bridgehead atoms. The van der Waals surface area contributed by atoms with Crippen molar-refractivity contribution in [3.8, 4) is 5.75 Å². The molecular formula is C25H33N3O. The lowest BCUT2D eigenvalue weighted by molar-refractivity contribution is 0.157. The van der Waals surface area contributed by atoms with Crippen molar-refractivity contribution in [1.29, 1.82) is 0 Å². The molecule has 29 heavy (non-hydrogen) atoms. The molecule has 1 aliphatic rings. The maximum Gasteiger partial charge on any atom is 0.118 e. The van der Waals surface area contributed by atoms with Crippen LogP contribution in [0.15, 0.2) is 54.7 Å². The zero-order chi connectivity index (χ0) is 20.1. The van der Waals surface area contributed by atoms with Gasteiger partial charge in [-0.2, -0.15) is 0 Å². The molecule has 1 aromatic heterocycles. The van der Waals surface area contributed by atoms with Crippen molar-refractivity contribution in [2.75, 3.05) is 40.3 Å². The summed E-state index contributed by atoms with van der Waals surface area (Å²) in [5, 5.41) is 1.35. The van der Waals surface area contributed by atoms with E-state index in [1.54, 1.807) is 7.11 Å². The highest BCUT2D eigenvalue weighted by Crippen LogP contribution is 2.23. The molecule has 0 unspecified atom stereocenters. The second kappa shape index (κ2) is 9.47. The number of fused-ring (bicyclic) bond motifs is 1. The number of rotatable bonds is 8. The number of nitrogens with zero attached hydrogens (tertiary/aromatic N) is 2. The van der Waals surface area contributed by atoms with Gasteiger partial charge in [0.05, 0.1) is 7.11 Å². The quantitative estimate of drug-likeness (QED) is 0.611. The predicted molar refractivity (Wildman–Crippen MR) is 120 cm³/mol. The van der Waals surface area contributed by atoms with Crippen LogP contribution in [0.2, 0.25) is 0 Å². The molecule has 2 heterocycles. The number of piperidine rings is 1. The van der Waals surface area contributed by atoms with Crippen molar-refractivity contribution in [3.63, 3.8) is 0 Å². The molecule has 4 rings (SSSR count). The smallest absolute Gasteiger partial charge is 0.118 e. The van der Waals surface area contributed by atoms with Crippen LogP contribution < -0.4 is 4.74 Å². The molecule has 2 aromatic carbocycles. The van der Waals surface area contributed by atoms with E-state index in [0.717, 1.165) is 31.2 Å². The first-order valence-corrected chi connectivity index (χ1v) is 10.8. The van der Waals surface area contributed by atoms with Crippen molar-refractivity contribution < 1.29 is 4.74 Å². The molecule has 0 atom stereocenters. The van der Waals surface area contributed by atoms with Crippen LogP contribution in [0.5, 0.6) is 5.75 Å². The Morgan fingerprint density at radius 1 is 1.07 bits per heavy atom. The fraction of sp³-hybridized carbons (Fsp3) is 0.440. The lowest BCUT2D eigenvalue weighted by Crippen LogP contribution is -2.37. The SMILES string of the molecule is COc1ccc(CCN(Cc2c[nH]c3ccccc23)CC2CCN(C)CC2)cc1. The number of aromatic nitrogens is 1. The first kappa shape index (κ1) is 20.0. The maximum absolute atomic E-state index is 5.30. The van der Waals surface area contributed by atoms with E-state index in [1.165, 1.54) is 54.5 Å². The minimum absolute atomic E-state index is 0.798. The Bertz CT molecular complexity index is 894. The van der Waals surface area contributed by atoms with Crippen molar-refractivity contribution in [1.82, 2.24) is 14.8 Å². The predicted octanol–water partition coefficient (Wildman–Crippen LogP) is 4.56. The van der Waals surface area contributed by atoms with Crippen molar-refractivity contribution in [2.45, 2.75) is 25.8 Å². The van der Waals surface area contributed by atoms with E-state index < -0.39 is 0 Å². The largest absolute Gasteiger partial charge is 0.497 e. The summed E-state index contributed by atoms with van der Waals surface area (Å²) >= 11 is 0. The van der Waals surface area contributed by atoms with Crippen LogP contribution in [0, 0.1) is 5.92 Å². The first-order chi connectivity index (χ1) is 14.2. The van der Waals surface area contributed by atoms with Gasteiger partial charge >= 0.3 is 0 Å². The number of likely N-dealkylation sites (tertiary alicyclic amines) is 1.